The fraction of sp³-hybridized carbons (Fsp3) is 0.583. The van der Waals surface area contributed by atoms with Gasteiger partial charge in [-0.05, 0) is 19.3 Å². The van der Waals surface area contributed by atoms with Crippen LogP contribution in [0.2, 0.25) is 0 Å². The van der Waals surface area contributed by atoms with Crippen molar-refractivity contribution in [2.45, 2.75) is 39.2 Å². The maximum Gasteiger partial charge on any atom is 0.312 e. The van der Waals surface area contributed by atoms with E-state index in [2.05, 4.69) is 24.1 Å². The van der Waals surface area contributed by atoms with Crippen LogP contribution in [-0.2, 0) is 4.79 Å². The molecule has 0 aliphatic rings. The molecule has 0 aromatic carbocycles. The number of nitrogens with two attached hydrogens (primary N) is 1. The minimum Gasteiger partial charge on any atom is -0.352 e. The van der Waals surface area contributed by atoms with Crippen LogP contribution in [0.3, 0.4) is 0 Å². The summed E-state index contributed by atoms with van der Waals surface area (Å²) in [7, 11) is 1.64. The molecule has 7 heteroatoms. The highest BCUT2D eigenvalue weighted by molar-refractivity contribution is 7.14. The van der Waals surface area contributed by atoms with Gasteiger partial charge in [0.2, 0.25) is 0 Å². The lowest BCUT2D eigenvalue weighted by Gasteiger charge is -2.19. The first kappa shape index (κ1) is 15.4. The van der Waals surface area contributed by atoms with E-state index in [1.165, 1.54) is 16.2 Å². The second kappa shape index (κ2) is 6.51. The van der Waals surface area contributed by atoms with E-state index in [0.717, 1.165) is 12.1 Å². The van der Waals surface area contributed by atoms with Crippen molar-refractivity contribution in [2.75, 3.05) is 11.9 Å². The van der Waals surface area contributed by atoms with Crippen LogP contribution < -0.4 is 16.0 Å². The lowest BCUT2D eigenvalue weighted by molar-refractivity contribution is -0.119. The SMILES string of the molecule is CC[C@@H](C)c1csc(N(C)C(=O)[C@H](C)NC(N)=O)n1. The molecule has 1 aromatic heterocycles. The number of urea groups is 1. The van der Waals surface area contributed by atoms with Crippen LogP contribution in [0.15, 0.2) is 5.38 Å². The number of carbonyl (C=O) groups is 2. The fourth-order valence-corrected chi connectivity index (χ4v) is 2.44. The maximum absolute atomic E-state index is 12.0. The standard InChI is InChI=1S/C12H20N4O2S/c1-5-7(2)9-6-19-12(15-9)16(4)10(17)8(3)14-11(13)18/h6-8H,5H2,1-4H3,(H3,13,14,18)/t7-,8+/m1/s1. The second-order valence-corrected chi connectivity index (χ2v) is 5.33. The largest absolute Gasteiger partial charge is 0.352 e. The molecule has 3 N–H and O–H groups in total. The fourth-order valence-electron chi connectivity index (χ4n) is 1.53. The number of carbonyl (C=O) groups excluding carboxylic acids is 2. The molecule has 0 bridgehead atoms. The molecule has 106 valence electrons. The molecule has 1 rings (SSSR count). The van der Waals surface area contributed by atoms with Crippen LogP contribution in [0, 0.1) is 0 Å². The molecule has 6 nitrogen and oxygen atoms in total. The molecule has 0 aliphatic carbocycles. The molecule has 3 amide bonds. The topological polar surface area (TPSA) is 88.3 Å². The van der Waals surface area contributed by atoms with E-state index in [-0.39, 0.29) is 5.91 Å². The van der Waals surface area contributed by atoms with Gasteiger partial charge in [-0.1, -0.05) is 13.8 Å². The Morgan fingerprint density at radius 1 is 1.53 bits per heavy atom. The van der Waals surface area contributed by atoms with Gasteiger partial charge in [-0.15, -0.1) is 11.3 Å². The van der Waals surface area contributed by atoms with Gasteiger partial charge in [0.15, 0.2) is 5.13 Å². The van der Waals surface area contributed by atoms with Gasteiger partial charge in [0.25, 0.3) is 5.91 Å². The maximum atomic E-state index is 12.0. The summed E-state index contributed by atoms with van der Waals surface area (Å²) in [4.78, 5) is 28.7. The van der Waals surface area contributed by atoms with E-state index >= 15 is 0 Å². The molecule has 0 unspecified atom stereocenters. The smallest absolute Gasteiger partial charge is 0.312 e. The van der Waals surface area contributed by atoms with E-state index in [9.17, 15) is 9.59 Å². The number of nitrogens with zero attached hydrogens (tertiary/aromatic N) is 2. The predicted molar refractivity (Wildman–Crippen MR) is 76.4 cm³/mol. The van der Waals surface area contributed by atoms with Crippen molar-refractivity contribution in [1.82, 2.24) is 10.3 Å². The summed E-state index contributed by atoms with van der Waals surface area (Å²) in [6.45, 7) is 5.78. The number of likely N-dealkylation sites (N-methyl/N-ethyl adjacent to an activating group) is 1. The Bertz CT molecular complexity index is 460. The van der Waals surface area contributed by atoms with Crippen molar-refractivity contribution in [3.05, 3.63) is 11.1 Å². The van der Waals surface area contributed by atoms with Crippen LogP contribution in [0.1, 0.15) is 38.8 Å². The zero-order chi connectivity index (χ0) is 14.6. The third-order valence-corrected chi connectivity index (χ3v) is 3.91. The van der Waals surface area contributed by atoms with Gasteiger partial charge < -0.3 is 11.1 Å². The van der Waals surface area contributed by atoms with Crippen molar-refractivity contribution in [1.29, 1.82) is 0 Å². The van der Waals surface area contributed by atoms with Gasteiger partial charge in [0.05, 0.1) is 5.69 Å². The van der Waals surface area contributed by atoms with E-state index in [1.54, 1.807) is 14.0 Å². The second-order valence-electron chi connectivity index (χ2n) is 4.49. The molecule has 1 aromatic rings. The predicted octanol–water partition coefficient (Wildman–Crippen LogP) is 1.68. The molecule has 19 heavy (non-hydrogen) atoms. The highest BCUT2D eigenvalue weighted by atomic mass is 32.1. The Balaban J connectivity index is 2.76. The van der Waals surface area contributed by atoms with Crippen LogP contribution in [0.5, 0.6) is 0 Å². The minimum absolute atomic E-state index is 0.246. The third kappa shape index (κ3) is 3.92. The number of thiazole rings is 1. The minimum atomic E-state index is -0.714. The molecular formula is C12H20N4O2S. The van der Waals surface area contributed by atoms with Crippen molar-refractivity contribution in [2.24, 2.45) is 5.73 Å². The quantitative estimate of drug-likeness (QED) is 0.862. The Kier molecular flexibility index (Phi) is 5.29. The van der Waals surface area contributed by atoms with Crippen molar-refractivity contribution >= 4 is 28.4 Å². The van der Waals surface area contributed by atoms with Crippen molar-refractivity contribution < 1.29 is 9.59 Å². The Labute approximate surface area is 117 Å². The van der Waals surface area contributed by atoms with Gasteiger partial charge in [-0.25, -0.2) is 9.78 Å². The van der Waals surface area contributed by atoms with E-state index in [4.69, 9.17) is 5.73 Å². The molecular weight excluding hydrogens is 264 g/mol. The highest BCUT2D eigenvalue weighted by Gasteiger charge is 2.22. The van der Waals surface area contributed by atoms with Gasteiger partial charge >= 0.3 is 6.03 Å². The van der Waals surface area contributed by atoms with Crippen molar-refractivity contribution in [3.8, 4) is 0 Å². The summed E-state index contributed by atoms with van der Waals surface area (Å²) >= 11 is 1.42. The monoisotopic (exact) mass is 284 g/mol. The lowest BCUT2D eigenvalue weighted by atomic mass is 10.1. The first-order valence-electron chi connectivity index (χ1n) is 6.15. The van der Waals surface area contributed by atoms with Crippen LogP contribution in [-0.4, -0.2) is 30.0 Å². The van der Waals surface area contributed by atoms with Crippen LogP contribution in [0.4, 0.5) is 9.93 Å². The molecule has 0 fully saturated rings. The van der Waals surface area contributed by atoms with E-state index in [1.807, 2.05) is 5.38 Å². The summed E-state index contributed by atoms with van der Waals surface area (Å²) in [6, 6.07) is -1.38. The summed E-state index contributed by atoms with van der Waals surface area (Å²) in [5.41, 5.74) is 5.98. The summed E-state index contributed by atoms with van der Waals surface area (Å²) in [5.74, 6) is 0.124. The molecule has 2 atom stereocenters. The Morgan fingerprint density at radius 3 is 2.68 bits per heavy atom. The molecule has 0 radical (unpaired) electrons. The number of aromatic nitrogens is 1. The van der Waals surface area contributed by atoms with Crippen molar-refractivity contribution in [3.63, 3.8) is 0 Å². The first-order chi connectivity index (χ1) is 8.86. The number of anilines is 1. The van der Waals surface area contributed by atoms with Crippen LogP contribution >= 0.6 is 11.3 Å². The van der Waals surface area contributed by atoms with Gasteiger partial charge in [-0.2, -0.15) is 0 Å². The Morgan fingerprint density at radius 2 is 2.16 bits per heavy atom. The zero-order valence-corrected chi connectivity index (χ0v) is 12.5. The number of rotatable bonds is 5. The van der Waals surface area contributed by atoms with E-state index in [0.29, 0.717) is 11.0 Å². The average Bonchev–Trinajstić information content (AvgIpc) is 2.84. The first-order valence-corrected chi connectivity index (χ1v) is 7.03. The number of nitrogens with one attached hydrogen (secondary N) is 1. The zero-order valence-electron chi connectivity index (χ0n) is 11.6. The Hall–Kier alpha value is -1.63. The third-order valence-electron chi connectivity index (χ3n) is 2.97. The summed E-state index contributed by atoms with van der Waals surface area (Å²) in [6.07, 6.45) is 1.00. The van der Waals surface area contributed by atoms with Gasteiger partial charge in [0.1, 0.15) is 6.04 Å². The highest BCUT2D eigenvalue weighted by Crippen LogP contribution is 2.26. The van der Waals surface area contributed by atoms with Gasteiger partial charge in [-0.3, -0.25) is 9.69 Å². The molecule has 0 saturated carbocycles. The van der Waals surface area contributed by atoms with E-state index < -0.39 is 12.1 Å². The molecule has 0 aliphatic heterocycles. The number of amides is 3. The number of hydrogen-bond acceptors (Lipinski definition) is 4. The normalized spacial score (nSPS) is 13.7. The molecule has 0 saturated heterocycles. The molecule has 0 spiro atoms. The lowest BCUT2D eigenvalue weighted by Crippen LogP contribution is -2.47. The summed E-state index contributed by atoms with van der Waals surface area (Å²) in [5, 5.41) is 4.94. The number of hydrogen-bond donors (Lipinski definition) is 2. The number of primary amides is 1. The van der Waals surface area contributed by atoms with Crippen LogP contribution in [0.25, 0.3) is 0 Å². The average molecular weight is 284 g/mol. The molecule has 1 heterocycles. The summed E-state index contributed by atoms with van der Waals surface area (Å²) < 4.78 is 0. The van der Waals surface area contributed by atoms with Gasteiger partial charge in [0, 0.05) is 12.4 Å².